The second-order valence-corrected chi connectivity index (χ2v) is 2.94. The van der Waals surface area contributed by atoms with E-state index in [1.165, 1.54) is 0 Å². The summed E-state index contributed by atoms with van der Waals surface area (Å²) in [6.07, 6.45) is 0.556. The molecule has 0 amide bonds. The molecule has 0 aromatic carbocycles. The van der Waals surface area contributed by atoms with E-state index in [0.717, 1.165) is 6.42 Å². The molecule has 0 aliphatic rings. The Labute approximate surface area is 63.2 Å². The summed E-state index contributed by atoms with van der Waals surface area (Å²) in [5, 5.41) is 9.23. The van der Waals surface area contributed by atoms with Crippen LogP contribution in [0.25, 0.3) is 0 Å². The summed E-state index contributed by atoms with van der Waals surface area (Å²) >= 11 is 0. The van der Waals surface area contributed by atoms with Crippen LogP contribution in [0.2, 0.25) is 0 Å². The number of aliphatic hydroxyl groups is 1. The smallest absolute Gasteiger partial charge is 0.0776 e. The molecule has 1 N–H and O–H groups in total. The van der Waals surface area contributed by atoms with E-state index in [4.69, 9.17) is 4.74 Å². The topological polar surface area (TPSA) is 29.5 Å². The molecule has 0 rings (SSSR count). The Morgan fingerprint density at radius 2 is 2.00 bits per heavy atom. The molecule has 0 bridgehead atoms. The second kappa shape index (κ2) is 5.69. The summed E-state index contributed by atoms with van der Waals surface area (Å²) in [7, 11) is 0. The molecule has 0 aliphatic heterocycles. The molecule has 1 unspecified atom stereocenters. The number of hydrogen-bond acceptors (Lipinski definition) is 2. The Balaban J connectivity index is 3.16. The molecule has 2 nitrogen and oxygen atoms in total. The van der Waals surface area contributed by atoms with E-state index < -0.39 is 0 Å². The highest BCUT2D eigenvalue weighted by Gasteiger charge is 2.05. The maximum Gasteiger partial charge on any atom is 0.0776 e. The van der Waals surface area contributed by atoms with E-state index in [2.05, 4.69) is 13.8 Å². The standard InChI is InChI=1S/C8H18O2/c1-4-10-6-8(9)5-7(2)3/h7-9H,4-6H2,1-3H3. The summed E-state index contributed by atoms with van der Waals surface area (Å²) < 4.78 is 5.05. The monoisotopic (exact) mass is 146 g/mol. The van der Waals surface area contributed by atoms with E-state index in [9.17, 15) is 5.11 Å². The molecular formula is C8H18O2. The van der Waals surface area contributed by atoms with Crippen molar-refractivity contribution < 1.29 is 9.84 Å². The molecule has 0 aliphatic carbocycles. The minimum atomic E-state index is -0.278. The van der Waals surface area contributed by atoms with E-state index in [-0.39, 0.29) is 6.10 Å². The van der Waals surface area contributed by atoms with Gasteiger partial charge in [0.25, 0.3) is 0 Å². The van der Waals surface area contributed by atoms with Crippen LogP contribution < -0.4 is 0 Å². The zero-order valence-corrected chi connectivity index (χ0v) is 7.13. The molecule has 0 fully saturated rings. The van der Waals surface area contributed by atoms with Crippen LogP contribution in [0.1, 0.15) is 27.2 Å². The van der Waals surface area contributed by atoms with Crippen molar-refractivity contribution in [1.82, 2.24) is 0 Å². The number of ether oxygens (including phenoxy) is 1. The van der Waals surface area contributed by atoms with Gasteiger partial charge in [0.2, 0.25) is 0 Å². The van der Waals surface area contributed by atoms with Crippen molar-refractivity contribution in [2.45, 2.75) is 33.3 Å². The van der Waals surface area contributed by atoms with Crippen LogP contribution in [0.5, 0.6) is 0 Å². The molecule has 62 valence electrons. The van der Waals surface area contributed by atoms with Crippen LogP contribution in [0, 0.1) is 5.92 Å². The van der Waals surface area contributed by atoms with Crippen molar-refractivity contribution in [3.8, 4) is 0 Å². The van der Waals surface area contributed by atoms with Gasteiger partial charge in [-0.1, -0.05) is 13.8 Å². The molecule has 0 aromatic heterocycles. The highest BCUT2D eigenvalue weighted by atomic mass is 16.5. The summed E-state index contributed by atoms with van der Waals surface area (Å²) in [6.45, 7) is 7.29. The molecule has 10 heavy (non-hydrogen) atoms. The number of rotatable bonds is 5. The lowest BCUT2D eigenvalue weighted by atomic mass is 10.1. The van der Waals surface area contributed by atoms with Crippen molar-refractivity contribution in [3.05, 3.63) is 0 Å². The Morgan fingerprint density at radius 3 is 2.40 bits per heavy atom. The van der Waals surface area contributed by atoms with Gasteiger partial charge < -0.3 is 9.84 Å². The first kappa shape index (κ1) is 9.92. The Morgan fingerprint density at radius 1 is 1.40 bits per heavy atom. The van der Waals surface area contributed by atoms with Gasteiger partial charge in [0.05, 0.1) is 12.7 Å². The third-order valence-corrected chi connectivity index (χ3v) is 1.26. The van der Waals surface area contributed by atoms with Gasteiger partial charge in [-0.3, -0.25) is 0 Å². The largest absolute Gasteiger partial charge is 0.391 e. The Bertz CT molecular complexity index is 71.7. The van der Waals surface area contributed by atoms with Gasteiger partial charge >= 0.3 is 0 Å². The van der Waals surface area contributed by atoms with Crippen LogP contribution >= 0.6 is 0 Å². The van der Waals surface area contributed by atoms with Crippen molar-refractivity contribution in [1.29, 1.82) is 0 Å². The quantitative estimate of drug-likeness (QED) is 0.635. The normalized spacial score (nSPS) is 14.1. The first-order valence-electron chi connectivity index (χ1n) is 3.92. The fourth-order valence-electron chi connectivity index (χ4n) is 0.866. The van der Waals surface area contributed by atoms with Crippen LogP contribution in [-0.2, 0) is 4.74 Å². The van der Waals surface area contributed by atoms with E-state index in [1.54, 1.807) is 0 Å². The fourth-order valence-corrected chi connectivity index (χ4v) is 0.866. The zero-order chi connectivity index (χ0) is 7.98. The van der Waals surface area contributed by atoms with Gasteiger partial charge in [-0.05, 0) is 19.3 Å². The molecule has 0 aromatic rings. The molecule has 1 atom stereocenters. The molecule has 2 heteroatoms. The van der Waals surface area contributed by atoms with Gasteiger partial charge in [-0.25, -0.2) is 0 Å². The molecular weight excluding hydrogens is 128 g/mol. The summed E-state index contributed by atoms with van der Waals surface area (Å²) in [4.78, 5) is 0. The van der Waals surface area contributed by atoms with Crippen molar-refractivity contribution in [2.75, 3.05) is 13.2 Å². The maximum absolute atomic E-state index is 9.23. The fraction of sp³-hybridized carbons (Fsp3) is 1.00. The SMILES string of the molecule is CCOCC(O)CC(C)C. The first-order valence-corrected chi connectivity index (χ1v) is 3.92. The second-order valence-electron chi connectivity index (χ2n) is 2.94. The minimum absolute atomic E-state index is 0.278. The van der Waals surface area contributed by atoms with Crippen molar-refractivity contribution in [3.63, 3.8) is 0 Å². The number of aliphatic hydroxyl groups excluding tert-OH is 1. The highest BCUT2D eigenvalue weighted by molar-refractivity contribution is 4.56. The van der Waals surface area contributed by atoms with Crippen LogP contribution in [0.4, 0.5) is 0 Å². The van der Waals surface area contributed by atoms with Crippen LogP contribution in [0.3, 0.4) is 0 Å². The van der Waals surface area contributed by atoms with E-state index in [0.29, 0.717) is 19.1 Å². The van der Waals surface area contributed by atoms with Crippen molar-refractivity contribution in [2.24, 2.45) is 5.92 Å². The third-order valence-electron chi connectivity index (χ3n) is 1.26. The van der Waals surface area contributed by atoms with E-state index >= 15 is 0 Å². The van der Waals surface area contributed by atoms with Gasteiger partial charge in [-0.15, -0.1) is 0 Å². The molecule has 0 saturated heterocycles. The zero-order valence-electron chi connectivity index (χ0n) is 7.13. The first-order chi connectivity index (χ1) is 4.66. The lowest BCUT2D eigenvalue weighted by Crippen LogP contribution is -2.17. The minimum Gasteiger partial charge on any atom is -0.391 e. The molecule has 0 heterocycles. The average Bonchev–Trinajstić information content (AvgIpc) is 1.82. The maximum atomic E-state index is 9.23. The number of hydrogen-bond donors (Lipinski definition) is 1. The van der Waals surface area contributed by atoms with E-state index in [1.807, 2.05) is 6.92 Å². The van der Waals surface area contributed by atoms with Crippen molar-refractivity contribution >= 4 is 0 Å². The van der Waals surface area contributed by atoms with Crippen LogP contribution in [-0.4, -0.2) is 24.4 Å². The Kier molecular flexibility index (Phi) is 5.64. The van der Waals surface area contributed by atoms with Gasteiger partial charge in [-0.2, -0.15) is 0 Å². The lowest BCUT2D eigenvalue weighted by molar-refractivity contribution is 0.0317. The third kappa shape index (κ3) is 6.05. The predicted octanol–water partition coefficient (Wildman–Crippen LogP) is 1.43. The summed E-state index contributed by atoms with van der Waals surface area (Å²) in [6, 6.07) is 0. The predicted molar refractivity (Wildman–Crippen MR) is 42.0 cm³/mol. The molecule has 0 spiro atoms. The molecule has 0 radical (unpaired) electrons. The highest BCUT2D eigenvalue weighted by Crippen LogP contribution is 2.04. The summed E-state index contributed by atoms with van der Waals surface area (Å²) in [5.74, 6) is 0.551. The lowest BCUT2D eigenvalue weighted by Gasteiger charge is -2.11. The molecule has 0 saturated carbocycles. The van der Waals surface area contributed by atoms with Gasteiger partial charge in [0.15, 0.2) is 0 Å². The Hall–Kier alpha value is -0.0800. The summed E-state index contributed by atoms with van der Waals surface area (Å²) in [5.41, 5.74) is 0. The van der Waals surface area contributed by atoms with Crippen LogP contribution in [0.15, 0.2) is 0 Å². The van der Waals surface area contributed by atoms with Gasteiger partial charge in [0.1, 0.15) is 0 Å². The van der Waals surface area contributed by atoms with Gasteiger partial charge in [0, 0.05) is 6.61 Å². The average molecular weight is 146 g/mol.